The molecule has 0 spiro atoms. The lowest BCUT2D eigenvalue weighted by atomic mass is 9.89. The number of esters is 2. The van der Waals surface area contributed by atoms with Gasteiger partial charge in [-0.25, -0.2) is 0 Å². The predicted octanol–water partition coefficient (Wildman–Crippen LogP) is 2.47. The maximum absolute atomic E-state index is 12.2. The number of rotatable bonds is 6. The Balaban J connectivity index is 2.33. The van der Waals surface area contributed by atoms with Crippen molar-refractivity contribution in [2.75, 3.05) is 20.3 Å². The van der Waals surface area contributed by atoms with E-state index in [1.54, 1.807) is 21.0 Å². The first-order valence-electron chi connectivity index (χ1n) is 7.60. The second-order valence-electron chi connectivity index (χ2n) is 5.21. The first kappa shape index (κ1) is 16.3. The van der Waals surface area contributed by atoms with Crippen molar-refractivity contribution in [1.82, 2.24) is 0 Å². The highest BCUT2D eigenvalue weighted by molar-refractivity contribution is 5.79. The SMILES string of the molecule is CCOC(=O)C[C@H]1c2c(cccc2OC)C[C@H]1C(=O)OCC. The van der Waals surface area contributed by atoms with Gasteiger partial charge in [0, 0.05) is 11.5 Å². The van der Waals surface area contributed by atoms with Crippen LogP contribution < -0.4 is 4.74 Å². The van der Waals surface area contributed by atoms with E-state index in [0.29, 0.717) is 25.4 Å². The Labute approximate surface area is 130 Å². The van der Waals surface area contributed by atoms with Gasteiger partial charge in [0.15, 0.2) is 0 Å². The van der Waals surface area contributed by atoms with Gasteiger partial charge in [0.25, 0.3) is 0 Å². The molecule has 0 aliphatic heterocycles. The molecule has 0 amide bonds. The Bertz CT molecular complexity index is 552. The molecule has 0 saturated carbocycles. The Morgan fingerprint density at radius 1 is 1.18 bits per heavy atom. The topological polar surface area (TPSA) is 61.8 Å². The fourth-order valence-electron chi connectivity index (χ4n) is 3.09. The minimum Gasteiger partial charge on any atom is -0.496 e. The number of fused-ring (bicyclic) bond motifs is 1. The number of carbonyl (C=O) groups is 2. The molecule has 0 bridgehead atoms. The van der Waals surface area contributed by atoms with E-state index in [1.807, 2.05) is 18.2 Å². The quantitative estimate of drug-likeness (QED) is 0.756. The lowest BCUT2D eigenvalue weighted by molar-refractivity contribution is -0.149. The van der Waals surface area contributed by atoms with Crippen molar-refractivity contribution in [3.05, 3.63) is 29.3 Å². The van der Waals surface area contributed by atoms with Crippen LogP contribution in [0.3, 0.4) is 0 Å². The molecule has 5 heteroatoms. The normalized spacial score (nSPS) is 19.4. The predicted molar refractivity (Wildman–Crippen MR) is 80.8 cm³/mol. The third-order valence-electron chi connectivity index (χ3n) is 3.95. The lowest BCUT2D eigenvalue weighted by Crippen LogP contribution is -2.24. The van der Waals surface area contributed by atoms with Crippen LogP contribution >= 0.6 is 0 Å². The Kier molecular flexibility index (Phi) is 5.41. The van der Waals surface area contributed by atoms with Gasteiger partial charge in [0.05, 0.1) is 32.7 Å². The van der Waals surface area contributed by atoms with Crippen LogP contribution in [0.2, 0.25) is 0 Å². The molecule has 1 aliphatic carbocycles. The smallest absolute Gasteiger partial charge is 0.309 e. The zero-order valence-electron chi connectivity index (χ0n) is 13.3. The summed E-state index contributed by atoms with van der Waals surface area (Å²) in [6.45, 7) is 4.20. The number of methoxy groups -OCH3 is 1. The zero-order chi connectivity index (χ0) is 16.1. The van der Waals surface area contributed by atoms with Gasteiger partial charge in [-0.15, -0.1) is 0 Å². The van der Waals surface area contributed by atoms with Gasteiger partial charge in [-0.2, -0.15) is 0 Å². The van der Waals surface area contributed by atoms with Crippen molar-refractivity contribution in [1.29, 1.82) is 0 Å². The minimum atomic E-state index is -0.365. The van der Waals surface area contributed by atoms with E-state index in [1.165, 1.54) is 0 Å². The second kappa shape index (κ2) is 7.29. The van der Waals surface area contributed by atoms with Crippen molar-refractivity contribution in [2.24, 2.45) is 5.92 Å². The summed E-state index contributed by atoms with van der Waals surface area (Å²) in [6, 6.07) is 5.71. The molecule has 2 rings (SSSR count). The van der Waals surface area contributed by atoms with E-state index in [0.717, 1.165) is 11.1 Å². The summed E-state index contributed by atoms with van der Waals surface area (Å²) >= 11 is 0. The lowest BCUT2D eigenvalue weighted by Gasteiger charge is -2.19. The van der Waals surface area contributed by atoms with E-state index in [4.69, 9.17) is 14.2 Å². The standard InChI is InChI=1S/C17H22O5/c1-4-21-15(18)10-12-13(17(19)22-5-2)9-11-7-6-8-14(20-3)16(11)12/h6-8,12-13H,4-5,9-10H2,1-3H3/t12-,13-/m1/s1. The molecule has 22 heavy (non-hydrogen) atoms. The van der Waals surface area contributed by atoms with Gasteiger partial charge in [-0.1, -0.05) is 12.1 Å². The molecular formula is C17H22O5. The highest BCUT2D eigenvalue weighted by atomic mass is 16.5. The fourth-order valence-corrected chi connectivity index (χ4v) is 3.09. The fraction of sp³-hybridized carbons (Fsp3) is 0.529. The Hall–Kier alpha value is -2.04. The molecule has 1 aromatic carbocycles. The monoisotopic (exact) mass is 306 g/mol. The largest absolute Gasteiger partial charge is 0.496 e. The number of benzene rings is 1. The van der Waals surface area contributed by atoms with Crippen molar-refractivity contribution >= 4 is 11.9 Å². The van der Waals surface area contributed by atoms with Gasteiger partial charge >= 0.3 is 11.9 Å². The Morgan fingerprint density at radius 3 is 2.55 bits per heavy atom. The van der Waals surface area contributed by atoms with Gasteiger partial charge in [0.1, 0.15) is 5.75 Å². The summed E-state index contributed by atoms with van der Waals surface area (Å²) in [6.07, 6.45) is 0.722. The summed E-state index contributed by atoms with van der Waals surface area (Å²) in [5, 5.41) is 0. The van der Waals surface area contributed by atoms with E-state index in [9.17, 15) is 9.59 Å². The number of ether oxygens (including phenoxy) is 3. The Morgan fingerprint density at radius 2 is 1.91 bits per heavy atom. The molecule has 0 fully saturated rings. The first-order chi connectivity index (χ1) is 10.6. The van der Waals surface area contributed by atoms with Crippen LogP contribution in [0.4, 0.5) is 0 Å². The number of carbonyl (C=O) groups excluding carboxylic acids is 2. The highest BCUT2D eigenvalue weighted by Crippen LogP contribution is 2.45. The van der Waals surface area contributed by atoms with Crippen LogP contribution in [0, 0.1) is 5.92 Å². The molecule has 0 heterocycles. The molecule has 0 saturated heterocycles. The molecule has 1 aromatic rings. The van der Waals surface area contributed by atoms with Crippen LogP contribution in [0.1, 0.15) is 37.3 Å². The molecule has 0 N–H and O–H groups in total. The highest BCUT2D eigenvalue weighted by Gasteiger charge is 2.41. The zero-order valence-corrected chi connectivity index (χ0v) is 13.3. The van der Waals surface area contributed by atoms with Crippen molar-refractivity contribution < 1.29 is 23.8 Å². The van der Waals surface area contributed by atoms with Crippen LogP contribution in [0.15, 0.2) is 18.2 Å². The molecule has 0 radical (unpaired) electrons. The third kappa shape index (κ3) is 3.24. The minimum absolute atomic E-state index is 0.157. The molecular weight excluding hydrogens is 284 g/mol. The van der Waals surface area contributed by atoms with Crippen LogP contribution in [0.25, 0.3) is 0 Å². The van der Waals surface area contributed by atoms with E-state index >= 15 is 0 Å². The molecule has 0 unspecified atom stereocenters. The summed E-state index contributed by atoms with van der Waals surface area (Å²) in [7, 11) is 1.59. The number of hydrogen-bond acceptors (Lipinski definition) is 5. The van der Waals surface area contributed by atoms with Gasteiger partial charge in [0.2, 0.25) is 0 Å². The average Bonchev–Trinajstić information content (AvgIpc) is 2.86. The molecule has 120 valence electrons. The molecule has 0 aromatic heterocycles. The van der Waals surface area contributed by atoms with Crippen molar-refractivity contribution in [3.63, 3.8) is 0 Å². The third-order valence-corrected chi connectivity index (χ3v) is 3.95. The first-order valence-corrected chi connectivity index (χ1v) is 7.60. The second-order valence-corrected chi connectivity index (χ2v) is 5.21. The summed E-state index contributed by atoms with van der Waals surface area (Å²) < 4.78 is 15.6. The van der Waals surface area contributed by atoms with Gasteiger partial charge < -0.3 is 14.2 Å². The van der Waals surface area contributed by atoms with E-state index < -0.39 is 0 Å². The number of hydrogen-bond donors (Lipinski definition) is 0. The van der Waals surface area contributed by atoms with Gasteiger partial charge in [-0.3, -0.25) is 9.59 Å². The average molecular weight is 306 g/mol. The van der Waals surface area contributed by atoms with Crippen LogP contribution in [0.5, 0.6) is 5.75 Å². The summed E-state index contributed by atoms with van der Waals surface area (Å²) in [5.41, 5.74) is 1.96. The molecule has 2 atom stereocenters. The summed E-state index contributed by atoms with van der Waals surface area (Å²) in [5.74, 6) is -0.492. The molecule has 1 aliphatic rings. The van der Waals surface area contributed by atoms with Crippen molar-refractivity contribution in [2.45, 2.75) is 32.6 Å². The van der Waals surface area contributed by atoms with Crippen LogP contribution in [-0.4, -0.2) is 32.3 Å². The van der Waals surface area contributed by atoms with E-state index in [-0.39, 0.29) is 30.2 Å². The van der Waals surface area contributed by atoms with E-state index in [2.05, 4.69) is 0 Å². The maximum atomic E-state index is 12.2. The summed E-state index contributed by atoms with van der Waals surface area (Å²) in [4.78, 5) is 24.2. The van der Waals surface area contributed by atoms with Crippen LogP contribution in [-0.2, 0) is 25.5 Å². The van der Waals surface area contributed by atoms with Gasteiger partial charge in [-0.05, 0) is 31.9 Å². The van der Waals surface area contributed by atoms with Crippen molar-refractivity contribution in [3.8, 4) is 5.75 Å². The maximum Gasteiger partial charge on any atom is 0.309 e. The molecule has 5 nitrogen and oxygen atoms in total.